The summed E-state index contributed by atoms with van der Waals surface area (Å²) in [5.41, 5.74) is 2.85. The third-order valence-corrected chi connectivity index (χ3v) is 9.59. The molecule has 0 saturated heterocycles. The van der Waals surface area contributed by atoms with Crippen molar-refractivity contribution in [2.45, 2.75) is 50.6 Å². The Morgan fingerprint density at radius 2 is 1.72 bits per heavy atom. The van der Waals surface area contributed by atoms with Crippen molar-refractivity contribution in [3.63, 3.8) is 0 Å². The summed E-state index contributed by atoms with van der Waals surface area (Å²) >= 11 is 0. The first-order chi connectivity index (χ1) is 22.0. The number of nitrogens with one attached hydrogen (secondary N) is 3. The first-order valence-electron chi connectivity index (χ1n) is 15.0. The van der Waals surface area contributed by atoms with E-state index in [1.165, 1.54) is 25.4 Å². The van der Waals surface area contributed by atoms with Crippen LogP contribution in [0.4, 0.5) is 0 Å². The van der Waals surface area contributed by atoms with Gasteiger partial charge in [-0.15, -0.1) is 0 Å². The average Bonchev–Trinajstić information content (AvgIpc) is 3.71. The molecule has 0 aliphatic carbocycles. The van der Waals surface area contributed by atoms with E-state index in [-0.39, 0.29) is 23.4 Å². The highest BCUT2D eigenvalue weighted by molar-refractivity contribution is 7.90. The minimum atomic E-state index is -4.05. The quantitative estimate of drug-likeness (QED) is 0.120. The lowest BCUT2D eigenvalue weighted by molar-refractivity contribution is -0.139. The molecule has 4 N–H and O–H groups in total. The molecular weight excluding hydrogens is 608 g/mol. The molecule has 0 fully saturated rings. The molecule has 0 spiro atoms. The van der Waals surface area contributed by atoms with Crippen LogP contribution >= 0.6 is 0 Å². The predicted molar refractivity (Wildman–Crippen MR) is 174 cm³/mol. The van der Waals surface area contributed by atoms with E-state index in [0.29, 0.717) is 0 Å². The maximum absolute atomic E-state index is 14.1. The number of aliphatic hydroxyl groups is 1. The first kappa shape index (κ1) is 34.2. The number of esters is 1. The summed E-state index contributed by atoms with van der Waals surface area (Å²) in [7, 11) is -2.77. The fraction of sp³-hybridized carbons (Fsp3) is 0.324. The molecule has 4 rings (SSSR count). The molecule has 2 heterocycles. The average molecular weight is 649 g/mol. The Morgan fingerprint density at radius 1 is 1.00 bits per heavy atom. The maximum Gasteiger partial charge on any atom is 0.309 e. The van der Waals surface area contributed by atoms with E-state index < -0.39 is 58.3 Å². The summed E-state index contributed by atoms with van der Waals surface area (Å²) in [6.45, 7) is 4.80. The summed E-state index contributed by atoms with van der Waals surface area (Å²) in [5.74, 6) is -2.77. The highest BCUT2D eigenvalue weighted by atomic mass is 32.2. The van der Waals surface area contributed by atoms with E-state index in [0.717, 1.165) is 26.0 Å². The Balaban J connectivity index is 1.73. The molecule has 11 nitrogen and oxygen atoms in total. The van der Waals surface area contributed by atoms with Gasteiger partial charge in [-0.05, 0) is 48.7 Å². The lowest BCUT2D eigenvalue weighted by atomic mass is 9.96. The van der Waals surface area contributed by atoms with Gasteiger partial charge in [-0.3, -0.25) is 14.4 Å². The van der Waals surface area contributed by atoms with E-state index in [2.05, 4.69) is 15.6 Å². The number of para-hydroxylation sites is 1. The van der Waals surface area contributed by atoms with E-state index in [4.69, 9.17) is 4.74 Å². The van der Waals surface area contributed by atoms with Crippen LogP contribution in [0.1, 0.15) is 43.1 Å². The third-order valence-electron chi connectivity index (χ3n) is 7.87. The van der Waals surface area contributed by atoms with Crippen LogP contribution in [0.3, 0.4) is 0 Å². The number of H-pyrrole nitrogens is 1. The molecule has 0 radical (unpaired) electrons. The van der Waals surface area contributed by atoms with Crippen LogP contribution in [-0.4, -0.2) is 60.0 Å². The Labute approximate surface area is 268 Å². The van der Waals surface area contributed by atoms with E-state index in [1.807, 2.05) is 31.2 Å². The number of carbonyl (C=O) groups is 3. The summed E-state index contributed by atoms with van der Waals surface area (Å²) < 4.78 is 33.4. The number of fused-ring (bicyclic) bond motifs is 1. The van der Waals surface area contributed by atoms with Crippen molar-refractivity contribution in [3.8, 4) is 0 Å². The summed E-state index contributed by atoms with van der Waals surface area (Å²) in [5, 5.41) is 16.2. The second-order valence-corrected chi connectivity index (χ2v) is 13.1. The molecule has 0 bridgehead atoms. The van der Waals surface area contributed by atoms with Crippen LogP contribution in [0.5, 0.6) is 0 Å². The Morgan fingerprint density at radius 3 is 2.41 bits per heavy atom. The van der Waals surface area contributed by atoms with Crippen LogP contribution < -0.4 is 10.6 Å². The molecule has 244 valence electrons. The molecule has 12 heteroatoms. The smallest absolute Gasteiger partial charge is 0.309 e. The lowest BCUT2D eigenvalue weighted by Gasteiger charge is -2.28. The van der Waals surface area contributed by atoms with Gasteiger partial charge in [-0.25, -0.2) is 12.4 Å². The van der Waals surface area contributed by atoms with Gasteiger partial charge in [-0.2, -0.15) is 0 Å². The topological polar surface area (TPSA) is 160 Å². The van der Waals surface area contributed by atoms with Gasteiger partial charge in [0, 0.05) is 29.7 Å². The van der Waals surface area contributed by atoms with Crippen molar-refractivity contribution in [2.24, 2.45) is 11.8 Å². The molecule has 0 aliphatic rings. The number of methoxy groups -OCH3 is 1. The van der Waals surface area contributed by atoms with Gasteiger partial charge in [0.15, 0.2) is 0 Å². The Hall–Kier alpha value is -4.68. The van der Waals surface area contributed by atoms with Crippen molar-refractivity contribution in [2.75, 3.05) is 13.7 Å². The Bertz CT molecular complexity index is 1810. The summed E-state index contributed by atoms with van der Waals surface area (Å²) in [6.07, 6.45) is 6.62. The Kier molecular flexibility index (Phi) is 11.2. The number of aliphatic hydroxyl groups excluding tert-OH is 1. The van der Waals surface area contributed by atoms with Crippen molar-refractivity contribution < 1.29 is 32.6 Å². The van der Waals surface area contributed by atoms with Crippen LogP contribution in [0.15, 0.2) is 90.1 Å². The van der Waals surface area contributed by atoms with Gasteiger partial charge in [0.25, 0.3) is 10.0 Å². The molecule has 0 saturated carbocycles. The third kappa shape index (κ3) is 7.93. The normalized spacial score (nSPS) is 14.5. The number of rotatable bonds is 14. The maximum atomic E-state index is 14.1. The zero-order valence-corrected chi connectivity index (χ0v) is 27.1. The van der Waals surface area contributed by atoms with Gasteiger partial charge in [-0.1, -0.05) is 61.9 Å². The fourth-order valence-electron chi connectivity index (χ4n) is 5.09. The van der Waals surface area contributed by atoms with Gasteiger partial charge in [0.05, 0.1) is 42.7 Å². The largest absolute Gasteiger partial charge is 0.469 e. The highest BCUT2D eigenvalue weighted by Gasteiger charge is 2.31. The zero-order valence-electron chi connectivity index (χ0n) is 26.3. The van der Waals surface area contributed by atoms with Gasteiger partial charge in [0.2, 0.25) is 11.8 Å². The van der Waals surface area contributed by atoms with Crippen molar-refractivity contribution >= 4 is 38.7 Å². The van der Waals surface area contributed by atoms with E-state index >= 15 is 0 Å². The van der Waals surface area contributed by atoms with Crippen LogP contribution in [0.25, 0.3) is 10.9 Å². The molecule has 2 amide bonds. The molecule has 2 aromatic carbocycles. The molecular formula is C34H40N4O7S. The van der Waals surface area contributed by atoms with Crippen LogP contribution in [-0.2, 0) is 35.6 Å². The number of ether oxygens (including phenoxy) is 1. The molecule has 4 atom stereocenters. The number of amides is 2. The van der Waals surface area contributed by atoms with Gasteiger partial charge < -0.3 is 25.5 Å². The number of aryl methyl sites for hydroxylation is 1. The highest BCUT2D eigenvalue weighted by Crippen LogP contribution is 2.28. The van der Waals surface area contributed by atoms with Crippen molar-refractivity contribution in [3.05, 3.63) is 102 Å². The predicted octanol–water partition coefficient (Wildman–Crippen LogP) is 3.78. The van der Waals surface area contributed by atoms with E-state index in [1.54, 1.807) is 56.5 Å². The minimum absolute atomic E-state index is 0.0114. The van der Waals surface area contributed by atoms with Gasteiger partial charge in [0.1, 0.15) is 6.04 Å². The molecule has 1 unspecified atom stereocenters. The molecule has 46 heavy (non-hydrogen) atoms. The van der Waals surface area contributed by atoms with Crippen molar-refractivity contribution in [1.82, 2.24) is 19.6 Å². The summed E-state index contributed by atoms with van der Waals surface area (Å²) in [6, 6.07) is 15.3. The van der Waals surface area contributed by atoms with Crippen LogP contribution in [0.2, 0.25) is 0 Å². The standard InChI is InChI=1S/C34H40N4O7S/c1-22-14-16-26(17-15-22)46(43,44)38-18-8-12-30(38)32(23(2)9-7-13-31(40)45-4)37-34(42)29(36-33(41)24(3)21-39)19-25-20-35-28-11-6-5-10-27(25)28/h5-12,14-18,20,23-24,29,32,35,39H,13,19,21H2,1-4H3,(H,36,41)(H,37,42)/b9-7+/t23-,24?,29-,32+/m0/s1. The second kappa shape index (κ2) is 15.1. The molecule has 2 aromatic heterocycles. The van der Waals surface area contributed by atoms with Crippen molar-refractivity contribution in [1.29, 1.82) is 0 Å². The lowest BCUT2D eigenvalue weighted by Crippen LogP contribution is -2.51. The number of aromatic nitrogens is 2. The fourth-order valence-corrected chi connectivity index (χ4v) is 6.48. The van der Waals surface area contributed by atoms with E-state index in [9.17, 15) is 27.9 Å². The number of carbonyl (C=O) groups excluding carboxylic acids is 3. The number of hydrogen-bond donors (Lipinski definition) is 4. The summed E-state index contributed by atoms with van der Waals surface area (Å²) in [4.78, 5) is 42.1. The van der Waals surface area contributed by atoms with Crippen LogP contribution in [0, 0.1) is 18.8 Å². The van der Waals surface area contributed by atoms with Gasteiger partial charge >= 0.3 is 5.97 Å². The molecule has 4 aromatic rings. The number of nitrogens with zero attached hydrogens (tertiary/aromatic N) is 1. The number of hydrogen-bond acceptors (Lipinski definition) is 7. The second-order valence-electron chi connectivity index (χ2n) is 11.3. The SMILES string of the molecule is COC(=O)C/C=C/[C@H](C)[C@@H](NC(=O)[C@H](Cc1c[nH]c2ccccc12)NC(=O)C(C)CO)c1cccn1S(=O)(=O)c1ccc(C)cc1. The first-order valence-corrected chi connectivity index (χ1v) is 16.4. The zero-order chi connectivity index (χ0) is 33.4. The minimum Gasteiger partial charge on any atom is -0.469 e. The molecule has 0 aliphatic heterocycles. The number of benzene rings is 2. The monoisotopic (exact) mass is 648 g/mol. The number of aromatic amines is 1.